The van der Waals surface area contributed by atoms with Crippen molar-refractivity contribution in [1.82, 2.24) is 5.32 Å². The van der Waals surface area contributed by atoms with Gasteiger partial charge in [-0.3, -0.25) is 4.79 Å². The zero-order chi connectivity index (χ0) is 12.2. The largest absolute Gasteiger partial charge is 1.00 e. The summed E-state index contributed by atoms with van der Waals surface area (Å²) in [5.41, 5.74) is 6.32. The molecule has 0 unspecified atom stereocenters. The van der Waals surface area contributed by atoms with Crippen LogP contribution < -0.4 is 40.6 Å². The van der Waals surface area contributed by atoms with Gasteiger partial charge in [0.15, 0.2) is 0 Å². The van der Waals surface area contributed by atoms with Crippen LogP contribution in [-0.4, -0.2) is 31.2 Å². The summed E-state index contributed by atoms with van der Waals surface area (Å²) in [6.07, 6.45) is 0. The third-order valence-corrected chi connectivity index (χ3v) is 2.51. The fourth-order valence-corrected chi connectivity index (χ4v) is 1.38. The number of benzene rings is 1. The zero-order valence-corrected chi connectivity index (χ0v) is 12.2. The van der Waals surface area contributed by atoms with Crippen molar-refractivity contribution >= 4 is 21.7 Å². The zero-order valence-electron chi connectivity index (χ0n) is 9.34. The molecule has 1 rings (SSSR count). The van der Waals surface area contributed by atoms with Crippen LogP contribution in [0.25, 0.3) is 0 Å². The summed E-state index contributed by atoms with van der Waals surface area (Å²) in [5.74, 6) is -1.06. The predicted octanol–water partition coefficient (Wildman–Crippen LogP) is -3.45. The van der Waals surface area contributed by atoms with Gasteiger partial charge in [-0.25, -0.2) is 8.42 Å². The van der Waals surface area contributed by atoms with Crippen LogP contribution in [0.3, 0.4) is 0 Å². The Kier molecular flexibility index (Phi) is 6.73. The van der Waals surface area contributed by atoms with Gasteiger partial charge in [0.2, 0.25) is 0 Å². The van der Waals surface area contributed by atoms with Gasteiger partial charge >= 0.3 is 29.6 Å². The Morgan fingerprint density at radius 3 is 2.29 bits per heavy atom. The van der Waals surface area contributed by atoms with E-state index in [4.69, 9.17) is 5.73 Å². The first-order valence-corrected chi connectivity index (χ1v) is 6.03. The molecule has 1 amide bonds. The summed E-state index contributed by atoms with van der Waals surface area (Å²) in [5, 5.41) is 2.32. The average molecular weight is 266 g/mol. The minimum atomic E-state index is -4.29. The first kappa shape index (κ1) is 16.4. The van der Waals surface area contributed by atoms with Gasteiger partial charge in [0.1, 0.15) is 0 Å². The van der Waals surface area contributed by atoms with Gasteiger partial charge in [0.05, 0.1) is 15.9 Å². The summed E-state index contributed by atoms with van der Waals surface area (Å²) in [7, 11) is -4.29. The van der Waals surface area contributed by atoms with E-state index in [-0.39, 0.29) is 36.1 Å². The first-order chi connectivity index (χ1) is 7.38. The summed E-state index contributed by atoms with van der Waals surface area (Å²) >= 11 is 0. The van der Waals surface area contributed by atoms with Crippen LogP contribution in [0.1, 0.15) is 10.4 Å². The van der Waals surface area contributed by atoms with Gasteiger partial charge in [0.25, 0.3) is 5.91 Å². The summed E-state index contributed by atoms with van der Waals surface area (Å²) in [6, 6.07) is 6.13. The topological polar surface area (TPSA) is 112 Å². The second-order valence-corrected chi connectivity index (χ2v) is 4.66. The minimum absolute atomic E-state index is 0. The second kappa shape index (κ2) is 6.97. The molecule has 0 fully saturated rings. The second-order valence-electron chi connectivity index (χ2n) is 3.14. The normalized spacial score (nSPS) is 10.4. The number of anilines is 1. The molecule has 6 nitrogen and oxygen atoms in total. The van der Waals surface area contributed by atoms with Crippen molar-refractivity contribution in [3.63, 3.8) is 0 Å². The van der Waals surface area contributed by atoms with E-state index in [0.717, 1.165) is 0 Å². The molecule has 3 N–H and O–H groups in total. The van der Waals surface area contributed by atoms with Gasteiger partial charge in [-0.05, 0) is 24.3 Å². The first-order valence-electron chi connectivity index (χ1n) is 4.46. The van der Waals surface area contributed by atoms with Gasteiger partial charge in [0, 0.05) is 17.8 Å². The van der Waals surface area contributed by atoms with E-state index in [2.05, 4.69) is 5.32 Å². The molecule has 88 valence electrons. The van der Waals surface area contributed by atoms with E-state index in [1.807, 2.05) is 0 Å². The van der Waals surface area contributed by atoms with Crippen LogP contribution in [0, 0.1) is 0 Å². The van der Waals surface area contributed by atoms with Crippen LogP contribution in [0.4, 0.5) is 5.69 Å². The van der Waals surface area contributed by atoms with Crippen molar-refractivity contribution in [3.8, 4) is 0 Å². The summed E-state index contributed by atoms with van der Waals surface area (Å²) in [4.78, 5) is 11.4. The average Bonchev–Trinajstić information content (AvgIpc) is 2.16. The fourth-order valence-electron chi connectivity index (χ4n) is 1.03. The third-order valence-electron chi connectivity index (χ3n) is 1.81. The van der Waals surface area contributed by atoms with Crippen molar-refractivity contribution in [2.45, 2.75) is 0 Å². The molecule has 1 aromatic carbocycles. The van der Waals surface area contributed by atoms with E-state index in [0.29, 0.717) is 11.3 Å². The summed E-state index contributed by atoms with van der Waals surface area (Å²) < 4.78 is 30.8. The van der Waals surface area contributed by atoms with Crippen LogP contribution in [0.5, 0.6) is 0 Å². The molecule has 0 saturated heterocycles. The molecule has 8 heteroatoms. The number of nitrogen functional groups attached to an aromatic ring is 1. The van der Waals surface area contributed by atoms with Crippen molar-refractivity contribution in [2.24, 2.45) is 0 Å². The quantitative estimate of drug-likeness (QED) is 0.334. The molecule has 0 bridgehead atoms. The van der Waals surface area contributed by atoms with Crippen LogP contribution in [0.2, 0.25) is 0 Å². The van der Waals surface area contributed by atoms with Gasteiger partial charge in [-0.1, -0.05) is 0 Å². The molecule has 0 heterocycles. The Balaban J connectivity index is 0.00000256. The summed E-state index contributed by atoms with van der Waals surface area (Å²) in [6.45, 7) is -0.199. The predicted molar refractivity (Wildman–Crippen MR) is 57.8 cm³/mol. The monoisotopic (exact) mass is 266 g/mol. The maximum absolute atomic E-state index is 11.4. The molecular formula is C9H11N2NaO4S. The number of hydrogen-bond acceptors (Lipinski definition) is 5. The smallest absolute Gasteiger partial charge is 0.748 e. The Hall–Kier alpha value is -0.600. The number of rotatable bonds is 4. The van der Waals surface area contributed by atoms with Crippen molar-refractivity contribution in [3.05, 3.63) is 29.8 Å². The number of carbonyl (C=O) groups excluding carboxylic acids is 1. The maximum atomic E-state index is 11.4. The SMILES string of the molecule is Nc1ccc(C(=O)NCCS(=O)(=O)[O-])cc1.[Na+]. The number of carbonyl (C=O) groups is 1. The van der Waals surface area contributed by atoms with Crippen molar-refractivity contribution < 1.29 is 47.3 Å². The van der Waals surface area contributed by atoms with E-state index in [1.165, 1.54) is 12.1 Å². The van der Waals surface area contributed by atoms with E-state index < -0.39 is 21.8 Å². The van der Waals surface area contributed by atoms with Gasteiger partial charge in [-0.2, -0.15) is 0 Å². The maximum Gasteiger partial charge on any atom is 1.00 e. The Labute approximate surface area is 122 Å². The van der Waals surface area contributed by atoms with Crippen LogP contribution in [-0.2, 0) is 10.1 Å². The van der Waals surface area contributed by atoms with Crippen molar-refractivity contribution in [2.75, 3.05) is 18.0 Å². The molecule has 0 aliphatic rings. The molecule has 0 aliphatic heterocycles. The number of nitrogens with two attached hydrogens (primary N) is 1. The van der Waals surface area contributed by atoms with E-state index in [1.54, 1.807) is 12.1 Å². The molecular weight excluding hydrogens is 255 g/mol. The molecule has 0 saturated carbocycles. The van der Waals surface area contributed by atoms with Gasteiger partial charge in [-0.15, -0.1) is 0 Å². The molecule has 0 spiro atoms. The van der Waals surface area contributed by atoms with Crippen molar-refractivity contribution in [1.29, 1.82) is 0 Å². The molecule has 0 aromatic heterocycles. The van der Waals surface area contributed by atoms with Crippen LogP contribution in [0.15, 0.2) is 24.3 Å². The van der Waals surface area contributed by atoms with E-state index in [9.17, 15) is 17.8 Å². The minimum Gasteiger partial charge on any atom is -0.748 e. The fraction of sp³-hybridized carbons (Fsp3) is 0.222. The molecule has 0 atom stereocenters. The Bertz CT molecular complexity index is 472. The Morgan fingerprint density at radius 2 is 1.82 bits per heavy atom. The number of nitrogens with one attached hydrogen (secondary N) is 1. The number of hydrogen-bond donors (Lipinski definition) is 2. The molecule has 0 radical (unpaired) electrons. The Morgan fingerprint density at radius 1 is 1.29 bits per heavy atom. The third kappa shape index (κ3) is 6.64. The van der Waals surface area contributed by atoms with E-state index >= 15 is 0 Å². The number of amides is 1. The van der Waals surface area contributed by atoms with Crippen LogP contribution >= 0.6 is 0 Å². The molecule has 1 aromatic rings. The standard InChI is InChI=1S/C9H12N2O4S.Na/c10-8-3-1-7(2-4-8)9(12)11-5-6-16(13,14)15;/h1-4H,5-6,10H2,(H,11,12)(H,13,14,15);/q;+1/p-1. The van der Waals surface area contributed by atoms with Gasteiger partial charge < -0.3 is 15.6 Å². The molecule has 17 heavy (non-hydrogen) atoms. The molecule has 0 aliphatic carbocycles.